The molecule has 7 nitrogen and oxygen atoms in total. The molecular weight excluding hydrogens is 408 g/mol. The molecule has 1 amide bonds. The lowest BCUT2D eigenvalue weighted by molar-refractivity contribution is -0.143. The van der Waals surface area contributed by atoms with E-state index in [4.69, 9.17) is 15.2 Å². The highest BCUT2D eigenvalue weighted by atomic mass is 16.5. The SMILES string of the molecule is CCOC(=O)/C=C/c1cc(CN(CCC(=O)OCC)Cc2ccccc2)cc(C(N)=O)c1. The van der Waals surface area contributed by atoms with Crippen molar-refractivity contribution in [2.45, 2.75) is 33.4 Å². The lowest BCUT2D eigenvalue weighted by Crippen LogP contribution is -2.26. The maximum atomic E-state index is 11.9. The normalized spacial score (nSPS) is 11.0. The summed E-state index contributed by atoms with van der Waals surface area (Å²) in [5.41, 5.74) is 8.46. The van der Waals surface area contributed by atoms with Gasteiger partial charge in [0.1, 0.15) is 0 Å². The molecule has 0 fully saturated rings. The van der Waals surface area contributed by atoms with Crippen LogP contribution in [-0.2, 0) is 32.2 Å². The number of primary amides is 1. The van der Waals surface area contributed by atoms with E-state index in [-0.39, 0.29) is 19.0 Å². The summed E-state index contributed by atoms with van der Waals surface area (Å²) in [6.07, 6.45) is 3.16. The van der Waals surface area contributed by atoms with Gasteiger partial charge in [0, 0.05) is 31.3 Å². The molecule has 2 aromatic rings. The molecule has 0 saturated heterocycles. The summed E-state index contributed by atoms with van der Waals surface area (Å²) in [5, 5.41) is 0. The maximum Gasteiger partial charge on any atom is 0.330 e. The number of esters is 2. The summed E-state index contributed by atoms with van der Waals surface area (Å²) in [6.45, 7) is 5.72. The lowest BCUT2D eigenvalue weighted by atomic mass is 10.0. The summed E-state index contributed by atoms with van der Waals surface area (Å²) in [5.74, 6) is -1.27. The van der Waals surface area contributed by atoms with Gasteiger partial charge in [-0.15, -0.1) is 0 Å². The van der Waals surface area contributed by atoms with Crippen molar-refractivity contribution >= 4 is 23.9 Å². The van der Waals surface area contributed by atoms with Crippen LogP contribution in [0.3, 0.4) is 0 Å². The van der Waals surface area contributed by atoms with Crippen LogP contribution in [0, 0.1) is 0 Å². The monoisotopic (exact) mass is 438 g/mol. The second-order valence-corrected chi connectivity index (χ2v) is 7.16. The molecular formula is C25H30N2O5. The molecule has 0 spiro atoms. The highest BCUT2D eigenvalue weighted by molar-refractivity contribution is 5.94. The molecule has 2 rings (SSSR count). The first-order valence-corrected chi connectivity index (χ1v) is 10.6. The van der Waals surface area contributed by atoms with Crippen LogP contribution in [0.25, 0.3) is 6.08 Å². The smallest absolute Gasteiger partial charge is 0.330 e. The predicted octanol–water partition coefficient (Wildman–Crippen LogP) is 3.32. The van der Waals surface area contributed by atoms with Crippen molar-refractivity contribution < 1.29 is 23.9 Å². The first-order chi connectivity index (χ1) is 15.4. The topological polar surface area (TPSA) is 98.9 Å². The number of hydrogen-bond acceptors (Lipinski definition) is 6. The Bertz CT molecular complexity index is 941. The second kappa shape index (κ2) is 13.1. The van der Waals surface area contributed by atoms with E-state index >= 15 is 0 Å². The van der Waals surface area contributed by atoms with E-state index in [1.54, 1.807) is 32.1 Å². The summed E-state index contributed by atoms with van der Waals surface area (Å²) >= 11 is 0. The van der Waals surface area contributed by atoms with Gasteiger partial charge in [-0.05, 0) is 48.7 Å². The molecule has 0 unspecified atom stereocenters. The zero-order chi connectivity index (χ0) is 23.3. The van der Waals surface area contributed by atoms with Crippen molar-refractivity contribution in [2.75, 3.05) is 19.8 Å². The highest BCUT2D eigenvalue weighted by Crippen LogP contribution is 2.16. The molecule has 0 aliphatic carbocycles. The van der Waals surface area contributed by atoms with Crippen molar-refractivity contribution in [1.82, 2.24) is 4.90 Å². The Labute approximate surface area is 188 Å². The van der Waals surface area contributed by atoms with Gasteiger partial charge in [0.2, 0.25) is 5.91 Å². The fraction of sp³-hybridized carbons (Fsp3) is 0.320. The number of hydrogen-bond donors (Lipinski definition) is 1. The van der Waals surface area contributed by atoms with Crippen LogP contribution in [-0.4, -0.2) is 42.5 Å². The number of nitrogens with two attached hydrogens (primary N) is 1. The average molecular weight is 439 g/mol. The molecule has 0 aromatic heterocycles. The van der Waals surface area contributed by atoms with Crippen LogP contribution in [0.1, 0.15) is 47.3 Å². The van der Waals surface area contributed by atoms with Crippen LogP contribution in [0.5, 0.6) is 0 Å². The third-order valence-electron chi connectivity index (χ3n) is 4.59. The minimum absolute atomic E-state index is 0.255. The average Bonchev–Trinajstić information content (AvgIpc) is 2.77. The molecule has 0 heterocycles. The van der Waals surface area contributed by atoms with E-state index in [2.05, 4.69) is 4.90 Å². The fourth-order valence-electron chi connectivity index (χ4n) is 3.20. The predicted molar refractivity (Wildman–Crippen MR) is 122 cm³/mol. The number of nitrogens with zero attached hydrogens (tertiary/aromatic N) is 1. The van der Waals surface area contributed by atoms with Gasteiger partial charge in [-0.25, -0.2) is 4.79 Å². The van der Waals surface area contributed by atoms with E-state index in [1.165, 1.54) is 6.08 Å². The number of carbonyl (C=O) groups is 3. The van der Waals surface area contributed by atoms with Crippen molar-refractivity contribution in [3.8, 4) is 0 Å². The zero-order valence-corrected chi connectivity index (χ0v) is 18.6. The Morgan fingerprint density at radius 3 is 2.28 bits per heavy atom. The molecule has 2 N–H and O–H groups in total. The highest BCUT2D eigenvalue weighted by Gasteiger charge is 2.13. The number of amides is 1. The third-order valence-corrected chi connectivity index (χ3v) is 4.59. The van der Waals surface area contributed by atoms with Gasteiger partial charge in [-0.3, -0.25) is 14.5 Å². The van der Waals surface area contributed by atoms with Gasteiger partial charge in [0.25, 0.3) is 0 Å². The van der Waals surface area contributed by atoms with Crippen LogP contribution in [0.2, 0.25) is 0 Å². The van der Waals surface area contributed by atoms with Crippen LogP contribution in [0.4, 0.5) is 0 Å². The molecule has 0 saturated carbocycles. The molecule has 7 heteroatoms. The number of carbonyl (C=O) groups excluding carboxylic acids is 3. The lowest BCUT2D eigenvalue weighted by Gasteiger charge is -2.23. The van der Waals surface area contributed by atoms with Gasteiger partial charge < -0.3 is 15.2 Å². The Morgan fingerprint density at radius 2 is 1.62 bits per heavy atom. The molecule has 0 radical (unpaired) electrons. The van der Waals surface area contributed by atoms with Crippen LogP contribution < -0.4 is 5.73 Å². The van der Waals surface area contributed by atoms with E-state index in [9.17, 15) is 14.4 Å². The number of ether oxygens (including phenoxy) is 2. The Morgan fingerprint density at radius 1 is 0.938 bits per heavy atom. The first kappa shape index (κ1) is 24.8. The van der Waals surface area contributed by atoms with Gasteiger partial charge in [-0.2, -0.15) is 0 Å². The van der Waals surface area contributed by atoms with Crippen molar-refractivity contribution in [1.29, 1.82) is 0 Å². The second-order valence-electron chi connectivity index (χ2n) is 7.16. The molecule has 2 aromatic carbocycles. The maximum absolute atomic E-state index is 11.9. The minimum atomic E-state index is -0.557. The van der Waals surface area contributed by atoms with Crippen molar-refractivity contribution in [2.24, 2.45) is 5.73 Å². The number of rotatable bonds is 12. The van der Waals surface area contributed by atoms with Crippen molar-refractivity contribution in [3.63, 3.8) is 0 Å². The Hall–Kier alpha value is -3.45. The largest absolute Gasteiger partial charge is 0.466 e. The van der Waals surface area contributed by atoms with Gasteiger partial charge in [0.05, 0.1) is 19.6 Å². The van der Waals surface area contributed by atoms with E-state index in [1.807, 2.05) is 36.4 Å². The summed E-state index contributed by atoms with van der Waals surface area (Å²) in [6, 6.07) is 15.1. The van der Waals surface area contributed by atoms with Gasteiger partial charge >= 0.3 is 11.9 Å². The number of benzene rings is 2. The summed E-state index contributed by atoms with van der Waals surface area (Å²) in [4.78, 5) is 37.5. The van der Waals surface area contributed by atoms with E-state index in [0.29, 0.717) is 37.4 Å². The van der Waals surface area contributed by atoms with Crippen molar-refractivity contribution in [3.05, 3.63) is 76.9 Å². The molecule has 170 valence electrons. The van der Waals surface area contributed by atoms with Gasteiger partial charge in [-0.1, -0.05) is 36.4 Å². The molecule has 32 heavy (non-hydrogen) atoms. The fourth-order valence-corrected chi connectivity index (χ4v) is 3.20. The quantitative estimate of drug-likeness (QED) is 0.403. The van der Waals surface area contributed by atoms with E-state index < -0.39 is 11.9 Å². The minimum Gasteiger partial charge on any atom is -0.466 e. The summed E-state index contributed by atoms with van der Waals surface area (Å²) < 4.78 is 9.96. The molecule has 0 aliphatic heterocycles. The van der Waals surface area contributed by atoms with Crippen LogP contribution >= 0.6 is 0 Å². The third kappa shape index (κ3) is 8.73. The molecule has 0 aliphatic rings. The molecule has 0 bridgehead atoms. The van der Waals surface area contributed by atoms with Crippen LogP contribution in [0.15, 0.2) is 54.6 Å². The first-order valence-electron chi connectivity index (χ1n) is 10.6. The molecule has 0 atom stereocenters. The van der Waals surface area contributed by atoms with Gasteiger partial charge in [0.15, 0.2) is 0 Å². The standard InChI is InChI=1S/C25H30N2O5/c1-3-31-23(28)11-10-20-14-21(16-22(15-20)25(26)30)18-27(13-12-24(29)32-4-2)17-19-8-6-5-7-9-19/h5-11,14-16H,3-4,12-13,17-18H2,1-2H3,(H2,26,30)/b11-10+. The van der Waals surface area contributed by atoms with E-state index in [0.717, 1.165) is 11.1 Å². The zero-order valence-electron chi connectivity index (χ0n) is 18.6. The Kier molecular flexibility index (Phi) is 10.1. The summed E-state index contributed by atoms with van der Waals surface area (Å²) in [7, 11) is 0. The Balaban J connectivity index is 2.25.